The fourth-order valence-electron chi connectivity index (χ4n) is 7.14. The Morgan fingerprint density at radius 2 is 1.57 bits per heavy atom. The summed E-state index contributed by atoms with van der Waals surface area (Å²) in [5, 5.41) is 0. The molecule has 0 unspecified atom stereocenters. The molecular weight excluding hydrogens is 374 g/mol. The second-order valence-corrected chi connectivity index (χ2v) is 10.7. The Labute approximate surface area is 180 Å². The lowest BCUT2D eigenvalue weighted by Gasteiger charge is -2.57. The largest absolute Gasteiger partial charge is 0.345 e. The van der Waals surface area contributed by atoms with Gasteiger partial charge in [-0.25, -0.2) is 0 Å². The first-order chi connectivity index (χ1) is 14.4. The molecule has 5 heteroatoms. The Hall–Kier alpha value is -1.88. The standard InChI is InChI=1S/C25H35N3O2/c1-26(2)23(29)22-5-3-4-18(13-22)17-27-6-8-28(9-7-27)24(30)25-14-19-10-20(15-25)12-21(11-19)16-25/h3-5,13,19-21H,6-12,14-17H2,1-2H3. The summed E-state index contributed by atoms with van der Waals surface area (Å²) in [4.78, 5) is 32.0. The molecule has 5 aliphatic rings. The van der Waals surface area contributed by atoms with Crippen molar-refractivity contribution in [2.24, 2.45) is 23.2 Å². The van der Waals surface area contributed by atoms with Crippen molar-refractivity contribution in [2.75, 3.05) is 40.3 Å². The number of rotatable bonds is 4. The summed E-state index contributed by atoms with van der Waals surface area (Å²) >= 11 is 0. The molecule has 1 aromatic rings. The lowest BCUT2D eigenvalue weighted by molar-refractivity contribution is -0.159. The van der Waals surface area contributed by atoms with Crippen molar-refractivity contribution < 1.29 is 9.59 Å². The summed E-state index contributed by atoms with van der Waals surface area (Å²) in [6.45, 7) is 4.37. The second-order valence-electron chi connectivity index (χ2n) is 10.7. The Kier molecular flexibility index (Phi) is 5.12. The van der Waals surface area contributed by atoms with E-state index in [2.05, 4.69) is 15.9 Å². The Morgan fingerprint density at radius 1 is 0.967 bits per heavy atom. The van der Waals surface area contributed by atoms with Crippen LogP contribution < -0.4 is 0 Å². The summed E-state index contributed by atoms with van der Waals surface area (Å²) in [7, 11) is 3.57. The zero-order chi connectivity index (χ0) is 20.9. The van der Waals surface area contributed by atoms with Gasteiger partial charge in [0.15, 0.2) is 0 Å². The number of carbonyl (C=O) groups excluding carboxylic acids is 2. The van der Waals surface area contributed by atoms with Crippen LogP contribution in [0.2, 0.25) is 0 Å². The molecule has 0 spiro atoms. The zero-order valence-corrected chi connectivity index (χ0v) is 18.5. The van der Waals surface area contributed by atoms with Gasteiger partial charge in [0.1, 0.15) is 0 Å². The average molecular weight is 410 g/mol. The SMILES string of the molecule is CN(C)C(=O)c1cccc(CN2CCN(C(=O)C34CC5CC(CC(C5)C3)C4)CC2)c1. The molecule has 0 aromatic heterocycles. The van der Waals surface area contributed by atoms with E-state index < -0.39 is 0 Å². The van der Waals surface area contributed by atoms with E-state index in [-0.39, 0.29) is 11.3 Å². The van der Waals surface area contributed by atoms with Crippen molar-refractivity contribution in [3.63, 3.8) is 0 Å². The first kappa shape index (κ1) is 20.0. The van der Waals surface area contributed by atoms with Gasteiger partial charge in [-0.3, -0.25) is 14.5 Å². The van der Waals surface area contributed by atoms with Crippen LogP contribution in [0.1, 0.15) is 54.4 Å². The predicted molar refractivity (Wildman–Crippen MR) is 117 cm³/mol. The van der Waals surface area contributed by atoms with E-state index in [0.29, 0.717) is 5.91 Å². The molecule has 0 radical (unpaired) electrons. The highest BCUT2D eigenvalue weighted by Gasteiger charge is 2.55. The third-order valence-corrected chi connectivity index (χ3v) is 8.14. The molecule has 162 valence electrons. The van der Waals surface area contributed by atoms with E-state index in [9.17, 15) is 9.59 Å². The number of hydrogen-bond donors (Lipinski definition) is 0. The lowest BCUT2D eigenvalue weighted by atomic mass is 9.49. The number of benzene rings is 1. The molecule has 5 fully saturated rings. The molecule has 30 heavy (non-hydrogen) atoms. The smallest absolute Gasteiger partial charge is 0.253 e. The third kappa shape index (κ3) is 3.66. The van der Waals surface area contributed by atoms with Gasteiger partial charge in [-0.05, 0) is 74.0 Å². The van der Waals surface area contributed by atoms with E-state index in [1.54, 1.807) is 19.0 Å². The van der Waals surface area contributed by atoms with Gasteiger partial charge >= 0.3 is 0 Å². The molecule has 1 aromatic carbocycles. The van der Waals surface area contributed by atoms with Gasteiger partial charge in [-0.2, -0.15) is 0 Å². The molecule has 4 saturated carbocycles. The number of amides is 2. The molecule has 1 heterocycles. The lowest BCUT2D eigenvalue weighted by Crippen LogP contribution is -2.58. The van der Waals surface area contributed by atoms with Crippen LogP contribution in [0.15, 0.2) is 24.3 Å². The predicted octanol–water partition coefficient (Wildman–Crippen LogP) is 3.25. The van der Waals surface area contributed by atoms with Crippen LogP contribution in [0.25, 0.3) is 0 Å². The van der Waals surface area contributed by atoms with Crippen LogP contribution in [0.4, 0.5) is 0 Å². The second kappa shape index (κ2) is 7.67. The average Bonchev–Trinajstić information content (AvgIpc) is 2.72. The van der Waals surface area contributed by atoms with E-state index in [4.69, 9.17) is 0 Å². The van der Waals surface area contributed by atoms with E-state index in [1.807, 2.05) is 18.2 Å². The van der Waals surface area contributed by atoms with Gasteiger partial charge in [-0.15, -0.1) is 0 Å². The maximum atomic E-state index is 13.6. The molecular formula is C25H35N3O2. The number of hydrogen-bond acceptors (Lipinski definition) is 3. The molecule has 0 N–H and O–H groups in total. The van der Waals surface area contributed by atoms with Crippen molar-refractivity contribution in [3.05, 3.63) is 35.4 Å². The quantitative estimate of drug-likeness (QED) is 0.767. The van der Waals surface area contributed by atoms with Crippen LogP contribution in [0.3, 0.4) is 0 Å². The van der Waals surface area contributed by atoms with Crippen LogP contribution in [-0.2, 0) is 11.3 Å². The minimum atomic E-state index is -0.0161. The Morgan fingerprint density at radius 3 is 2.13 bits per heavy atom. The highest BCUT2D eigenvalue weighted by molar-refractivity contribution is 5.94. The van der Waals surface area contributed by atoms with E-state index >= 15 is 0 Å². The third-order valence-electron chi connectivity index (χ3n) is 8.14. The molecule has 5 nitrogen and oxygen atoms in total. The van der Waals surface area contributed by atoms with Gasteiger partial charge in [0.2, 0.25) is 5.91 Å². The highest BCUT2D eigenvalue weighted by atomic mass is 16.2. The van der Waals surface area contributed by atoms with Crippen LogP contribution >= 0.6 is 0 Å². The van der Waals surface area contributed by atoms with Crippen molar-refractivity contribution in [3.8, 4) is 0 Å². The molecule has 2 amide bonds. The van der Waals surface area contributed by atoms with Gasteiger partial charge in [0, 0.05) is 52.4 Å². The molecule has 4 aliphatic carbocycles. The minimum Gasteiger partial charge on any atom is -0.345 e. The molecule has 4 bridgehead atoms. The first-order valence-electron chi connectivity index (χ1n) is 11.7. The van der Waals surface area contributed by atoms with Crippen LogP contribution in [0.5, 0.6) is 0 Å². The number of carbonyl (C=O) groups is 2. The summed E-state index contributed by atoms with van der Waals surface area (Å²) < 4.78 is 0. The number of nitrogens with zero attached hydrogens (tertiary/aromatic N) is 3. The summed E-state index contributed by atoms with van der Waals surface area (Å²) in [5.41, 5.74) is 1.90. The molecule has 6 rings (SSSR count). The van der Waals surface area contributed by atoms with Crippen LogP contribution in [0, 0.1) is 23.2 Å². The molecule has 1 aliphatic heterocycles. The zero-order valence-electron chi connectivity index (χ0n) is 18.5. The van der Waals surface area contributed by atoms with Gasteiger partial charge in [0.25, 0.3) is 5.91 Å². The Balaban J connectivity index is 1.19. The monoisotopic (exact) mass is 409 g/mol. The molecule has 1 saturated heterocycles. The van der Waals surface area contributed by atoms with Gasteiger partial charge in [-0.1, -0.05) is 12.1 Å². The van der Waals surface area contributed by atoms with Crippen molar-refractivity contribution in [1.29, 1.82) is 0 Å². The highest BCUT2D eigenvalue weighted by Crippen LogP contribution is 2.60. The van der Waals surface area contributed by atoms with Gasteiger partial charge < -0.3 is 9.80 Å². The minimum absolute atomic E-state index is 0.0161. The van der Waals surface area contributed by atoms with E-state index in [0.717, 1.165) is 75.3 Å². The fraction of sp³-hybridized carbons (Fsp3) is 0.680. The van der Waals surface area contributed by atoms with E-state index in [1.165, 1.54) is 24.8 Å². The van der Waals surface area contributed by atoms with Crippen molar-refractivity contribution >= 4 is 11.8 Å². The topological polar surface area (TPSA) is 43.9 Å². The van der Waals surface area contributed by atoms with Crippen LogP contribution in [-0.4, -0.2) is 66.8 Å². The number of piperazine rings is 1. The van der Waals surface area contributed by atoms with Gasteiger partial charge in [0.05, 0.1) is 5.41 Å². The summed E-state index contributed by atoms with van der Waals surface area (Å²) in [5.74, 6) is 2.97. The molecule has 0 atom stereocenters. The summed E-state index contributed by atoms with van der Waals surface area (Å²) in [6.07, 6.45) is 7.63. The summed E-state index contributed by atoms with van der Waals surface area (Å²) in [6, 6.07) is 7.96. The normalized spacial score (nSPS) is 33.0. The Bertz CT molecular complexity index is 790. The maximum absolute atomic E-state index is 13.6. The fourth-order valence-corrected chi connectivity index (χ4v) is 7.14. The van der Waals surface area contributed by atoms with Crippen molar-refractivity contribution in [1.82, 2.24) is 14.7 Å². The maximum Gasteiger partial charge on any atom is 0.253 e. The first-order valence-corrected chi connectivity index (χ1v) is 11.7. The van der Waals surface area contributed by atoms with Crippen molar-refractivity contribution in [2.45, 2.75) is 45.1 Å².